The molecule has 0 fully saturated rings. The number of nitrogens with zero attached hydrogens (tertiary/aromatic N) is 4. The summed E-state index contributed by atoms with van der Waals surface area (Å²) in [7, 11) is 1.56. The summed E-state index contributed by atoms with van der Waals surface area (Å²) in [6, 6.07) is 3.58. The van der Waals surface area contributed by atoms with E-state index in [4.69, 9.17) is 10.5 Å². The summed E-state index contributed by atoms with van der Waals surface area (Å²) in [5.74, 6) is 1.09. The molecule has 0 radical (unpaired) electrons. The molecule has 0 spiro atoms. The minimum Gasteiger partial charge on any atom is -0.480 e. The predicted octanol–water partition coefficient (Wildman–Crippen LogP) is 1.57. The van der Waals surface area contributed by atoms with Crippen LogP contribution in [0.4, 0.5) is 0 Å². The molecule has 0 aliphatic heterocycles. The second-order valence-corrected chi connectivity index (χ2v) is 4.63. The minimum atomic E-state index is 0.477. The highest BCUT2D eigenvalue weighted by Crippen LogP contribution is 2.20. The third kappa shape index (κ3) is 3.33. The van der Waals surface area contributed by atoms with Crippen molar-refractivity contribution in [2.45, 2.75) is 33.1 Å². The van der Waals surface area contributed by atoms with Gasteiger partial charge in [0, 0.05) is 17.5 Å². The molecule has 0 atom stereocenters. The minimum absolute atomic E-state index is 0.477. The van der Waals surface area contributed by atoms with E-state index in [1.54, 1.807) is 13.2 Å². The maximum Gasteiger partial charge on any atom is 0.233 e. The van der Waals surface area contributed by atoms with E-state index in [-0.39, 0.29) is 0 Å². The highest BCUT2D eigenvalue weighted by atomic mass is 16.5. The van der Waals surface area contributed by atoms with Gasteiger partial charge in [0.1, 0.15) is 5.69 Å². The van der Waals surface area contributed by atoms with Gasteiger partial charge in [0.2, 0.25) is 5.88 Å². The molecule has 112 valence electrons. The van der Waals surface area contributed by atoms with Crippen LogP contribution in [-0.2, 0) is 19.3 Å². The average molecular weight is 287 g/mol. The summed E-state index contributed by atoms with van der Waals surface area (Å²) in [5.41, 5.74) is 9.61. The Morgan fingerprint density at radius 3 is 2.14 bits per heavy atom. The van der Waals surface area contributed by atoms with Gasteiger partial charge in [-0.1, -0.05) is 13.8 Å². The number of nitrogens with two attached hydrogens (primary N) is 1. The Hall–Kier alpha value is -2.08. The van der Waals surface area contributed by atoms with E-state index in [0.717, 1.165) is 30.7 Å². The molecule has 0 aromatic carbocycles. The fourth-order valence-corrected chi connectivity index (χ4v) is 2.26. The zero-order valence-corrected chi connectivity index (χ0v) is 12.8. The van der Waals surface area contributed by atoms with Gasteiger partial charge in [-0.05, 0) is 37.4 Å². The van der Waals surface area contributed by atoms with Crippen LogP contribution < -0.4 is 10.5 Å². The Morgan fingerprint density at radius 1 is 1.05 bits per heavy atom. The zero-order chi connectivity index (χ0) is 15.2. The zero-order valence-electron chi connectivity index (χ0n) is 12.8. The van der Waals surface area contributed by atoms with Gasteiger partial charge < -0.3 is 10.5 Å². The van der Waals surface area contributed by atoms with Crippen LogP contribution in [0.5, 0.6) is 5.88 Å². The van der Waals surface area contributed by atoms with E-state index in [2.05, 4.69) is 34.0 Å². The topological polar surface area (TPSA) is 86.8 Å². The smallest absolute Gasteiger partial charge is 0.233 e. The lowest BCUT2D eigenvalue weighted by Gasteiger charge is -2.12. The van der Waals surface area contributed by atoms with Crippen molar-refractivity contribution >= 4 is 0 Å². The van der Waals surface area contributed by atoms with Crippen LogP contribution in [0.15, 0.2) is 12.1 Å². The molecule has 0 aliphatic rings. The number of methoxy groups -OCH3 is 1. The van der Waals surface area contributed by atoms with Gasteiger partial charge in [-0.25, -0.2) is 9.97 Å². The molecule has 0 saturated carbocycles. The Morgan fingerprint density at radius 2 is 1.71 bits per heavy atom. The lowest BCUT2D eigenvalue weighted by atomic mass is 10.0. The van der Waals surface area contributed by atoms with E-state index in [1.165, 1.54) is 5.56 Å². The molecular weight excluding hydrogens is 266 g/mol. The summed E-state index contributed by atoms with van der Waals surface area (Å²) in [6.45, 7) is 4.78. The van der Waals surface area contributed by atoms with Crippen LogP contribution in [-0.4, -0.2) is 33.8 Å². The molecule has 2 heterocycles. The van der Waals surface area contributed by atoms with Crippen LogP contribution >= 0.6 is 0 Å². The molecule has 0 unspecified atom stereocenters. The molecule has 21 heavy (non-hydrogen) atoms. The van der Waals surface area contributed by atoms with Crippen molar-refractivity contribution in [3.05, 3.63) is 29.1 Å². The molecule has 0 aliphatic carbocycles. The largest absolute Gasteiger partial charge is 0.480 e. The summed E-state index contributed by atoms with van der Waals surface area (Å²) < 4.78 is 5.02. The second-order valence-electron chi connectivity index (χ2n) is 4.63. The van der Waals surface area contributed by atoms with Gasteiger partial charge in [-0.15, -0.1) is 10.2 Å². The van der Waals surface area contributed by atoms with E-state index >= 15 is 0 Å². The number of aryl methyl sites for hydroxylation is 2. The summed E-state index contributed by atoms with van der Waals surface area (Å²) in [5, 5.41) is 8.09. The third-order valence-electron chi connectivity index (χ3n) is 3.32. The number of hydrogen-bond acceptors (Lipinski definition) is 6. The fraction of sp³-hybridized carbons (Fsp3) is 0.467. The number of aromatic nitrogens is 4. The van der Waals surface area contributed by atoms with E-state index in [0.29, 0.717) is 23.9 Å². The summed E-state index contributed by atoms with van der Waals surface area (Å²) in [6.07, 6.45) is 2.50. The van der Waals surface area contributed by atoms with Gasteiger partial charge in [0.25, 0.3) is 0 Å². The molecule has 2 aromatic rings. The predicted molar refractivity (Wildman–Crippen MR) is 81.1 cm³/mol. The molecular formula is C15H21N5O. The monoisotopic (exact) mass is 287 g/mol. The normalized spacial score (nSPS) is 10.7. The number of rotatable bonds is 6. The van der Waals surface area contributed by atoms with Gasteiger partial charge in [-0.2, -0.15) is 0 Å². The van der Waals surface area contributed by atoms with Gasteiger partial charge >= 0.3 is 0 Å². The molecule has 0 bridgehead atoms. The van der Waals surface area contributed by atoms with Crippen molar-refractivity contribution in [3.8, 4) is 17.4 Å². The third-order valence-corrected chi connectivity index (χ3v) is 3.32. The van der Waals surface area contributed by atoms with Gasteiger partial charge in [0.15, 0.2) is 5.82 Å². The fourth-order valence-electron chi connectivity index (χ4n) is 2.26. The molecule has 2 aromatic heterocycles. The lowest BCUT2D eigenvalue weighted by Crippen LogP contribution is -2.12. The van der Waals surface area contributed by atoms with Crippen LogP contribution in [0.3, 0.4) is 0 Å². The quantitative estimate of drug-likeness (QED) is 0.867. The Balaban J connectivity index is 2.48. The first-order chi connectivity index (χ1) is 10.2. The Labute approximate surface area is 124 Å². The van der Waals surface area contributed by atoms with Crippen LogP contribution in [0.25, 0.3) is 11.5 Å². The molecule has 2 N–H and O–H groups in total. The van der Waals surface area contributed by atoms with E-state index in [1.807, 2.05) is 6.07 Å². The van der Waals surface area contributed by atoms with Crippen molar-refractivity contribution in [1.29, 1.82) is 0 Å². The highest BCUT2D eigenvalue weighted by molar-refractivity contribution is 5.50. The SMILES string of the molecule is CCc1nc(-c2ccc(OC)nn2)nc(CC)c1CCN. The van der Waals surface area contributed by atoms with Gasteiger partial charge in [-0.3, -0.25) is 0 Å². The van der Waals surface area contributed by atoms with Crippen LogP contribution in [0, 0.1) is 0 Å². The molecule has 0 amide bonds. The van der Waals surface area contributed by atoms with Gasteiger partial charge in [0.05, 0.1) is 7.11 Å². The first kappa shape index (κ1) is 15.3. The summed E-state index contributed by atoms with van der Waals surface area (Å²) in [4.78, 5) is 9.27. The molecule has 0 saturated heterocycles. The molecule has 6 nitrogen and oxygen atoms in total. The van der Waals surface area contributed by atoms with Crippen molar-refractivity contribution in [3.63, 3.8) is 0 Å². The highest BCUT2D eigenvalue weighted by Gasteiger charge is 2.14. The van der Waals surface area contributed by atoms with Crippen molar-refractivity contribution < 1.29 is 4.74 Å². The van der Waals surface area contributed by atoms with Crippen LogP contribution in [0.1, 0.15) is 30.8 Å². The number of ether oxygens (including phenoxy) is 1. The lowest BCUT2D eigenvalue weighted by molar-refractivity contribution is 0.392. The van der Waals surface area contributed by atoms with Crippen molar-refractivity contribution in [1.82, 2.24) is 20.2 Å². The Bertz CT molecular complexity index is 573. The second kappa shape index (κ2) is 7.08. The average Bonchev–Trinajstić information content (AvgIpc) is 2.55. The van der Waals surface area contributed by atoms with Crippen LogP contribution in [0.2, 0.25) is 0 Å². The Kier molecular flexibility index (Phi) is 5.16. The standard InChI is InChI=1S/C15H21N5O/c1-4-11-10(8-9-16)12(5-2)18-15(17-11)13-6-7-14(21-3)20-19-13/h6-7H,4-5,8-9,16H2,1-3H3. The first-order valence-electron chi connectivity index (χ1n) is 7.20. The first-order valence-corrected chi connectivity index (χ1v) is 7.20. The van der Waals surface area contributed by atoms with Crippen molar-refractivity contribution in [2.75, 3.05) is 13.7 Å². The molecule has 2 rings (SSSR count). The maximum atomic E-state index is 5.70. The number of hydrogen-bond donors (Lipinski definition) is 1. The summed E-state index contributed by atoms with van der Waals surface area (Å²) >= 11 is 0. The van der Waals surface area contributed by atoms with E-state index < -0.39 is 0 Å². The molecule has 6 heteroatoms. The van der Waals surface area contributed by atoms with Crippen molar-refractivity contribution in [2.24, 2.45) is 5.73 Å². The van der Waals surface area contributed by atoms with E-state index in [9.17, 15) is 0 Å². The maximum absolute atomic E-state index is 5.70.